The predicted octanol–water partition coefficient (Wildman–Crippen LogP) is 3.20. The van der Waals surface area contributed by atoms with Gasteiger partial charge in [-0.2, -0.15) is 0 Å². The summed E-state index contributed by atoms with van der Waals surface area (Å²) in [5.41, 5.74) is 1.44. The molecular weight excluding hydrogens is 356 g/mol. The summed E-state index contributed by atoms with van der Waals surface area (Å²) in [5.74, 6) is 0.681. The minimum atomic E-state index is -0.254. The number of piperidine rings is 1. The number of pyridine rings is 1. The number of carbonyl (C=O) groups is 1. The van der Waals surface area contributed by atoms with E-state index < -0.39 is 0 Å². The van der Waals surface area contributed by atoms with Crippen LogP contribution in [-0.2, 0) is 11.8 Å². The van der Waals surface area contributed by atoms with Gasteiger partial charge in [0.2, 0.25) is 0 Å². The third-order valence-electron chi connectivity index (χ3n) is 5.43. The van der Waals surface area contributed by atoms with Gasteiger partial charge in [-0.3, -0.25) is 4.79 Å². The topological polar surface area (TPSA) is 69.4 Å². The molecule has 1 aliphatic rings. The van der Waals surface area contributed by atoms with Crippen LogP contribution in [0.4, 0.5) is 4.79 Å². The maximum Gasteiger partial charge on any atom is 0.409 e. The summed E-state index contributed by atoms with van der Waals surface area (Å²) in [6, 6.07) is 9.96. The lowest BCUT2D eigenvalue weighted by atomic mass is 10.0. The highest BCUT2D eigenvalue weighted by Gasteiger charge is 2.26. The van der Waals surface area contributed by atoms with Gasteiger partial charge in [0.1, 0.15) is 5.82 Å². The van der Waals surface area contributed by atoms with E-state index in [0.717, 1.165) is 23.7 Å². The van der Waals surface area contributed by atoms with E-state index in [2.05, 4.69) is 9.55 Å². The minimum Gasteiger partial charge on any atom is -0.450 e. The van der Waals surface area contributed by atoms with Crippen molar-refractivity contribution in [1.82, 2.24) is 19.0 Å². The van der Waals surface area contributed by atoms with Gasteiger partial charge in [-0.1, -0.05) is 18.2 Å². The Bertz CT molecular complexity index is 1060. The molecule has 7 nitrogen and oxygen atoms in total. The van der Waals surface area contributed by atoms with Crippen molar-refractivity contribution in [2.75, 3.05) is 19.7 Å². The molecule has 1 fully saturated rings. The summed E-state index contributed by atoms with van der Waals surface area (Å²) in [6.07, 6.45) is 5.01. The molecule has 1 aliphatic heterocycles. The molecule has 2 aromatic heterocycles. The number of rotatable bonds is 3. The number of hydrogen-bond acceptors (Lipinski definition) is 4. The van der Waals surface area contributed by atoms with Gasteiger partial charge >= 0.3 is 6.09 Å². The van der Waals surface area contributed by atoms with Crippen molar-refractivity contribution in [3.63, 3.8) is 0 Å². The summed E-state index contributed by atoms with van der Waals surface area (Å²) in [7, 11) is 1.79. The van der Waals surface area contributed by atoms with Crippen LogP contribution in [0, 0.1) is 0 Å². The number of para-hydroxylation sites is 1. The molecule has 1 amide bonds. The summed E-state index contributed by atoms with van der Waals surface area (Å²) in [6.45, 7) is 3.47. The largest absolute Gasteiger partial charge is 0.450 e. The number of imidazole rings is 1. The van der Waals surface area contributed by atoms with E-state index in [0.29, 0.717) is 31.1 Å². The maximum atomic E-state index is 13.0. The second kappa shape index (κ2) is 7.50. The number of carbonyl (C=O) groups excluding carboxylic acids is 1. The molecule has 0 unspecified atom stereocenters. The van der Waals surface area contributed by atoms with Crippen LogP contribution in [0.25, 0.3) is 22.3 Å². The fraction of sp³-hybridized carbons (Fsp3) is 0.381. The molecule has 146 valence electrons. The van der Waals surface area contributed by atoms with Crippen LogP contribution in [0.3, 0.4) is 0 Å². The van der Waals surface area contributed by atoms with Gasteiger partial charge in [-0.05, 0) is 37.3 Å². The van der Waals surface area contributed by atoms with Gasteiger partial charge < -0.3 is 18.8 Å². The Kier molecular flexibility index (Phi) is 4.90. The van der Waals surface area contributed by atoms with Crippen LogP contribution in [0.5, 0.6) is 0 Å². The lowest BCUT2D eigenvalue weighted by Crippen LogP contribution is -2.39. The van der Waals surface area contributed by atoms with Gasteiger partial charge in [0.05, 0.1) is 17.7 Å². The zero-order valence-electron chi connectivity index (χ0n) is 16.2. The van der Waals surface area contributed by atoms with Crippen molar-refractivity contribution in [1.29, 1.82) is 0 Å². The molecule has 0 bridgehead atoms. The Balaban J connectivity index is 1.64. The quantitative estimate of drug-likeness (QED) is 0.700. The lowest BCUT2D eigenvalue weighted by molar-refractivity contribution is 0.0928. The Labute approximate surface area is 163 Å². The first kappa shape index (κ1) is 18.3. The van der Waals surface area contributed by atoms with Crippen molar-refractivity contribution in [3.8, 4) is 11.4 Å². The van der Waals surface area contributed by atoms with E-state index in [1.165, 1.54) is 0 Å². The number of nitrogens with zero attached hydrogens (tertiary/aromatic N) is 4. The van der Waals surface area contributed by atoms with Gasteiger partial charge in [0.25, 0.3) is 5.56 Å². The van der Waals surface area contributed by atoms with Crippen molar-refractivity contribution < 1.29 is 9.53 Å². The second-order valence-electron chi connectivity index (χ2n) is 7.06. The molecule has 3 aromatic rings. The van der Waals surface area contributed by atoms with Crippen molar-refractivity contribution >= 4 is 17.0 Å². The fourth-order valence-electron chi connectivity index (χ4n) is 3.94. The molecule has 0 radical (unpaired) electrons. The molecule has 28 heavy (non-hydrogen) atoms. The van der Waals surface area contributed by atoms with E-state index in [1.807, 2.05) is 43.5 Å². The van der Waals surface area contributed by atoms with Gasteiger partial charge in [-0.15, -0.1) is 0 Å². The first-order valence-electron chi connectivity index (χ1n) is 9.63. The number of ether oxygens (including phenoxy) is 1. The van der Waals surface area contributed by atoms with Crippen molar-refractivity contribution in [2.45, 2.75) is 25.8 Å². The highest BCUT2D eigenvalue weighted by molar-refractivity contribution is 5.83. The number of benzene rings is 1. The number of aryl methyl sites for hydroxylation is 1. The van der Waals surface area contributed by atoms with E-state index in [9.17, 15) is 9.59 Å². The summed E-state index contributed by atoms with van der Waals surface area (Å²) in [5, 5.41) is 1.01. The average Bonchev–Trinajstić information content (AvgIpc) is 3.20. The first-order valence-corrected chi connectivity index (χ1v) is 9.63. The summed E-state index contributed by atoms with van der Waals surface area (Å²) >= 11 is 0. The lowest BCUT2D eigenvalue weighted by Gasteiger charge is -2.32. The molecule has 0 spiro atoms. The van der Waals surface area contributed by atoms with Crippen LogP contribution < -0.4 is 5.56 Å². The van der Waals surface area contributed by atoms with E-state index in [-0.39, 0.29) is 17.7 Å². The van der Waals surface area contributed by atoms with Crippen molar-refractivity contribution in [2.24, 2.45) is 7.05 Å². The average molecular weight is 380 g/mol. The minimum absolute atomic E-state index is 0.0601. The molecule has 3 heterocycles. The zero-order valence-corrected chi connectivity index (χ0v) is 16.2. The third-order valence-corrected chi connectivity index (χ3v) is 5.43. The Morgan fingerprint density at radius 1 is 1.25 bits per heavy atom. The van der Waals surface area contributed by atoms with Crippen LogP contribution in [-0.4, -0.2) is 44.8 Å². The van der Waals surface area contributed by atoms with Crippen molar-refractivity contribution in [3.05, 3.63) is 53.1 Å². The number of aromatic nitrogens is 3. The van der Waals surface area contributed by atoms with Crippen LogP contribution in [0.1, 0.15) is 25.8 Å². The second-order valence-corrected chi connectivity index (χ2v) is 7.06. The molecular formula is C21H24N4O3. The van der Waals surface area contributed by atoms with Crippen LogP contribution in [0.2, 0.25) is 0 Å². The molecule has 0 saturated carbocycles. The maximum absolute atomic E-state index is 13.0. The van der Waals surface area contributed by atoms with Gasteiger partial charge in [0.15, 0.2) is 0 Å². The predicted molar refractivity (Wildman–Crippen MR) is 107 cm³/mol. The molecule has 1 saturated heterocycles. The molecule has 0 aliphatic carbocycles. The Morgan fingerprint density at radius 3 is 2.75 bits per heavy atom. The number of likely N-dealkylation sites (tertiary alicyclic amines) is 1. The van der Waals surface area contributed by atoms with Crippen LogP contribution >= 0.6 is 0 Å². The third kappa shape index (κ3) is 3.17. The van der Waals surface area contributed by atoms with Gasteiger partial charge in [0, 0.05) is 38.6 Å². The van der Waals surface area contributed by atoms with E-state index >= 15 is 0 Å². The first-order chi connectivity index (χ1) is 13.6. The standard InChI is InChI=1S/C21H24N4O3/c1-3-28-21(27)24-11-8-16(9-12-24)25-13-10-22-19(25)17-14-15-6-4-5-7-18(15)23(2)20(17)26/h4-7,10,13-14,16H,3,8-9,11-12H2,1-2H3. The smallest absolute Gasteiger partial charge is 0.409 e. The van der Waals surface area contributed by atoms with E-state index in [1.54, 1.807) is 22.7 Å². The molecule has 7 heteroatoms. The number of amides is 1. The fourth-order valence-corrected chi connectivity index (χ4v) is 3.94. The normalized spacial score (nSPS) is 15.1. The highest BCUT2D eigenvalue weighted by atomic mass is 16.6. The summed E-state index contributed by atoms with van der Waals surface area (Å²) in [4.78, 5) is 31.1. The monoisotopic (exact) mass is 380 g/mol. The SMILES string of the molecule is CCOC(=O)N1CCC(n2ccnc2-c2cc3ccccc3n(C)c2=O)CC1. The zero-order chi connectivity index (χ0) is 19.7. The number of hydrogen-bond donors (Lipinski definition) is 0. The van der Waals surface area contributed by atoms with Gasteiger partial charge in [-0.25, -0.2) is 9.78 Å². The van der Waals surface area contributed by atoms with Crippen LogP contribution in [0.15, 0.2) is 47.5 Å². The number of fused-ring (bicyclic) bond motifs is 1. The summed E-state index contributed by atoms with van der Waals surface area (Å²) < 4.78 is 8.84. The molecule has 1 aromatic carbocycles. The van der Waals surface area contributed by atoms with E-state index in [4.69, 9.17) is 4.74 Å². The highest BCUT2D eigenvalue weighted by Crippen LogP contribution is 2.28. The molecule has 4 rings (SSSR count). The Morgan fingerprint density at radius 2 is 2.00 bits per heavy atom. The Hall–Kier alpha value is -3.09. The molecule has 0 N–H and O–H groups in total. The molecule has 0 atom stereocenters.